The molecule has 1 unspecified atom stereocenters. The van der Waals surface area contributed by atoms with E-state index in [0.717, 1.165) is 17.7 Å². The molecular weight excluding hydrogens is 270 g/mol. The van der Waals surface area contributed by atoms with E-state index < -0.39 is 11.6 Å². The number of hydrogen-bond donors (Lipinski definition) is 0. The lowest BCUT2D eigenvalue weighted by atomic mass is 10.2. The first-order chi connectivity index (χ1) is 10.0. The monoisotopic (exact) mass is 290 g/mol. The van der Waals surface area contributed by atoms with Gasteiger partial charge in [-0.3, -0.25) is 4.98 Å². The number of aryl methyl sites for hydroxylation is 1. The van der Waals surface area contributed by atoms with Crippen LogP contribution in [0, 0.1) is 24.5 Å². The van der Waals surface area contributed by atoms with Crippen LogP contribution in [0.2, 0.25) is 0 Å². The van der Waals surface area contributed by atoms with Crippen LogP contribution in [0.3, 0.4) is 0 Å². The molecule has 2 heterocycles. The van der Waals surface area contributed by atoms with Gasteiger partial charge in [0.25, 0.3) is 0 Å². The molecule has 0 radical (unpaired) electrons. The van der Waals surface area contributed by atoms with Crippen molar-refractivity contribution in [1.29, 1.82) is 0 Å². The summed E-state index contributed by atoms with van der Waals surface area (Å²) < 4.78 is 23.9. The highest BCUT2D eigenvalue weighted by molar-refractivity contribution is 5.47. The second-order valence-electron chi connectivity index (χ2n) is 5.44. The molecule has 112 valence electrons. The molecule has 0 saturated carbocycles. The van der Waals surface area contributed by atoms with Crippen molar-refractivity contribution >= 4 is 5.69 Å². The van der Waals surface area contributed by atoms with Crippen molar-refractivity contribution in [2.75, 3.05) is 18.0 Å². The molecule has 0 N–H and O–H groups in total. The van der Waals surface area contributed by atoms with Gasteiger partial charge in [-0.2, -0.15) is 0 Å². The third-order valence-electron chi connectivity index (χ3n) is 3.46. The maximum atomic E-state index is 11.9. The zero-order valence-corrected chi connectivity index (χ0v) is 12.4. The minimum absolute atomic E-state index is 0.537. The zero-order chi connectivity index (χ0) is 15.2. The largest absolute Gasteiger partial charge is 0.371 e. The van der Waals surface area contributed by atoms with E-state index in [0.29, 0.717) is 0 Å². The topological polar surface area (TPSA) is 16.1 Å². The van der Waals surface area contributed by atoms with Gasteiger partial charge in [-0.25, -0.2) is 8.78 Å². The molecule has 1 saturated heterocycles. The number of benzene rings is 1. The van der Waals surface area contributed by atoms with Crippen LogP contribution in [-0.2, 0) is 0 Å². The van der Waals surface area contributed by atoms with Crippen molar-refractivity contribution in [3.8, 4) is 0 Å². The summed E-state index contributed by atoms with van der Waals surface area (Å²) in [4.78, 5) is 6.65. The Balaban J connectivity index is 0.000000173. The van der Waals surface area contributed by atoms with Crippen LogP contribution in [0.4, 0.5) is 14.5 Å². The van der Waals surface area contributed by atoms with Crippen LogP contribution in [0.15, 0.2) is 42.6 Å². The van der Waals surface area contributed by atoms with Gasteiger partial charge in [-0.1, -0.05) is 13.0 Å². The Morgan fingerprint density at radius 1 is 1.14 bits per heavy atom. The van der Waals surface area contributed by atoms with Crippen LogP contribution in [0.1, 0.15) is 19.0 Å². The van der Waals surface area contributed by atoms with Gasteiger partial charge >= 0.3 is 0 Å². The van der Waals surface area contributed by atoms with E-state index in [1.807, 2.05) is 13.1 Å². The highest BCUT2D eigenvalue weighted by Crippen LogP contribution is 2.23. The Morgan fingerprint density at radius 3 is 2.33 bits per heavy atom. The normalized spacial score (nSPS) is 17.3. The molecule has 1 aromatic heterocycles. The van der Waals surface area contributed by atoms with Gasteiger partial charge in [0.1, 0.15) is 11.6 Å². The third kappa shape index (κ3) is 4.81. The van der Waals surface area contributed by atoms with E-state index in [9.17, 15) is 8.78 Å². The molecule has 1 fully saturated rings. The Kier molecular flexibility index (Phi) is 5.26. The van der Waals surface area contributed by atoms with Crippen molar-refractivity contribution < 1.29 is 8.78 Å². The number of anilines is 1. The van der Waals surface area contributed by atoms with Gasteiger partial charge in [0.2, 0.25) is 0 Å². The summed E-state index contributed by atoms with van der Waals surface area (Å²) >= 11 is 0. The number of aromatic nitrogens is 1. The Bertz CT molecular complexity index is 569. The van der Waals surface area contributed by atoms with Crippen LogP contribution in [0.5, 0.6) is 0 Å². The van der Waals surface area contributed by atoms with E-state index in [1.165, 1.54) is 43.4 Å². The maximum Gasteiger partial charge on any atom is 0.126 e. The minimum Gasteiger partial charge on any atom is -0.371 e. The Morgan fingerprint density at radius 2 is 1.86 bits per heavy atom. The Labute approximate surface area is 124 Å². The van der Waals surface area contributed by atoms with Gasteiger partial charge in [0.15, 0.2) is 0 Å². The second kappa shape index (κ2) is 7.16. The summed E-state index contributed by atoms with van der Waals surface area (Å²) in [6.07, 6.45) is 3.22. The van der Waals surface area contributed by atoms with E-state index in [2.05, 4.69) is 28.9 Å². The van der Waals surface area contributed by atoms with Gasteiger partial charge in [-0.15, -0.1) is 0 Å². The molecule has 1 aliphatic rings. The summed E-state index contributed by atoms with van der Waals surface area (Å²) in [7, 11) is 0. The average Bonchev–Trinajstić information content (AvgIpc) is 2.86. The smallest absolute Gasteiger partial charge is 0.126 e. The summed E-state index contributed by atoms with van der Waals surface area (Å²) in [6, 6.07) is 8.82. The molecule has 0 aliphatic carbocycles. The Hall–Kier alpha value is -1.97. The summed E-state index contributed by atoms with van der Waals surface area (Å²) in [6.45, 7) is 6.76. The standard InChI is InChI=1S/C11H16N2.C6H4F2/c1-9-4-6-13(8-9)11-3-5-12-10(2)7-11;7-5-2-1-3-6(8)4-5/h3,5,7,9H,4,6,8H2,1-2H3;1-4H. The predicted octanol–water partition coefficient (Wildman–Crippen LogP) is 4.20. The summed E-state index contributed by atoms with van der Waals surface area (Å²) in [5.41, 5.74) is 2.44. The zero-order valence-electron chi connectivity index (χ0n) is 12.4. The van der Waals surface area contributed by atoms with E-state index in [1.54, 1.807) is 0 Å². The lowest BCUT2D eigenvalue weighted by molar-refractivity contribution is 0.583. The van der Waals surface area contributed by atoms with Crippen molar-refractivity contribution in [3.05, 3.63) is 59.9 Å². The van der Waals surface area contributed by atoms with Gasteiger partial charge in [0, 0.05) is 36.7 Å². The van der Waals surface area contributed by atoms with Crippen LogP contribution >= 0.6 is 0 Å². The van der Waals surface area contributed by atoms with Crippen molar-refractivity contribution in [2.24, 2.45) is 5.92 Å². The molecule has 0 bridgehead atoms. The molecule has 0 spiro atoms. The molecule has 21 heavy (non-hydrogen) atoms. The van der Waals surface area contributed by atoms with Gasteiger partial charge in [-0.05, 0) is 43.5 Å². The van der Waals surface area contributed by atoms with Crippen LogP contribution < -0.4 is 4.90 Å². The molecule has 1 aliphatic heterocycles. The number of hydrogen-bond acceptors (Lipinski definition) is 2. The highest BCUT2D eigenvalue weighted by atomic mass is 19.1. The highest BCUT2D eigenvalue weighted by Gasteiger charge is 2.18. The molecule has 2 nitrogen and oxygen atoms in total. The molecule has 3 rings (SSSR count). The van der Waals surface area contributed by atoms with Gasteiger partial charge in [0.05, 0.1) is 0 Å². The lowest BCUT2D eigenvalue weighted by Gasteiger charge is -2.18. The third-order valence-corrected chi connectivity index (χ3v) is 3.46. The predicted molar refractivity (Wildman–Crippen MR) is 81.3 cm³/mol. The first-order valence-corrected chi connectivity index (χ1v) is 7.13. The lowest BCUT2D eigenvalue weighted by Crippen LogP contribution is -2.18. The fourth-order valence-corrected chi connectivity index (χ4v) is 2.36. The maximum absolute atomic E-state index is 11.9. The minimum atomic E-state index is -0.537. The second-order valence-corrected chi connectivity index (χ2v) is 5.44. The van der Waals surface area contributed by atoms with E-state index in [-0.39, 0.29) is 0 Å². The molecule has 1 atom stereocenters. The van der Waals surface area contributed by atoms with Crippen molar-refractivity contribution in [1.82, 2.24) is 4.98 Å². The fraction of sp³-hybridized carbons (Fsp3) is 0.353. The first kappa shape index (κ1) is 15.4. The molecule has 1 aromatic carbocycles. The van der Waals surface area contributed by atoms with E-state index in [4.69, 9.17) is 0 Å². The molecule has 0 amide bonds. The quantitative estimate of drug-likeness (QED) is 0.782. The molecular formula is C17H20F2N2. The van der Waals surface area contributed by atoms with Gasteiger partial charge < -0.3 is 4.90 Å². The van der Waals surface area contributed by atoms with E-state index >= 15 is 0 Å². The summed E-state index contributed by atoms with van der Waals surface area (Å²) in [5, 5.41) is 0. The number of nitrogens with zero attached hydrogens (tertiary/aromatic N) is 2. The van der Waals surface area contributed by atoms with Crippen LogP contribution in [-0.4, -0.2) is 18.1 Å². The van der Waals surface area contributed by atoms with Crippen LogP contribution in [0.25, 0.3) is 0 Å². The molecule has 2 aromatic rings. The number of rotatable bonds is 1. The fourth-order valence-electron chi connectivity index (χ4n) is 2.36. The van der Waals surface area contributed by atoms with Crippen molar-refractivity contribution in [3.63, 3.8) is 0 Å². The number of pyridine rings is 1. The first-order valence-electron chi connectivity index (χ1n) is 7.13. The average molecular weight is 290 g/mol. The SMILES string of the molecule is Cc1cc(N2CCC(C)C2)ccn1.Fc1cccc(F)c1. The van der Waals surface area contributed by atoms with Crippen molar-refractivity contribution in [2.45, 2.75) is 20.3 Å². The molecule has 4 heteroatoms. The summed E-state index contributed by atoms with van der Waals surface area (Å²) in [5.74, 6) is -0.233. The number of halogens is 2.